The highest BCUT2D eigenvalue weighted by atomic mass is 15.0. The minimum Gasteiger partial charge on any atom is -0.380 e. The highest BCUT2D eigenvalue weighted by Crippen LogP contribution is 2.25. The van der Waals surface area contributed by atoms with Crippen LogP contribution in [-0.2, 0) is 6.42 Å². The Labute approximate surface area is 84.7 Å². The number of nitrogens with one attached hydrogen (secondary N) is 2. The second-order valence-corrected chi connectivity index (χ2v) is 4.39. The van der Waals surface area contributed by atoms with Crippen LogP contribution in [0.3, 0.4) is 0 Å². The third-order valence-corrected chi connectivity index (χ3v) is 3.07. The first-order chi connectivity index (χ1) is 6.92. The zero-order chi connectivity index (χ0) is 9.38. The number of benzene rings is 1. The predicted molar refractivity (Wildman–Crippen MR) is 58.6 cm³/mol. The van der Waals surface area contributed by atoms with E-state index in [1.807, 2.05) is 0 Å². The van der Waals surface area contributed by atoms with E-state index in [0.29, 0.717) is 6.04 Å². The zero-order valence-corrected chi connectivity index (χ0v) is 8.29. The van der Waals surface area contributed by atoms with Crippen molar-refractivity contribution >= 4 is 5.69 Å². The largest absolute Gasteiger partial charge is 0.380 e. The van der Waals surface area contributed by atoms with Gasteiger partial charge in [-0.25, -0.2) is 0 Å². The third-order valence-electron chi connectivity index (χ3n) is 3.07. The molecule has 74 valence electrons. The van der Waals surface area contributed by atoms with Crippen LogP contribution in [0.2, 0.25) is 0 Å². The quantitative estimate of drug-likeness (QED) is 0.755. The zero-order valence-electron chi connectivity index (χ0n) is 8.29. The average molecular weight is 188 g/mol. The lowest BCUT2D eigenvalue weighted by molar-refractivity contribution is 0.611. The molecule has 2 N–H and O–H groups in total. The van der Waals surface area contributed by atoms with Gasteiger partial charge in [0.05, 0.1) is 0 Å². The Kier molecular flexibility index (Phi) is 1.95. The van der Waals surface area contributed by atoms with Crippen LogP contribution in [0.5, 0.6) is 0 Å². The summed E-state index contributed by atoms with van der Waals surface area (Å²) in [7, 11) is 0. The molecule has 14 heavy (non-hydrogen) atoms. The molecular weight excluding hydrogens is 172 g/mol. The predicted octanol–water partition coefficient (Wildman–Crippen LogP) is 1.78. The van der Waals surface area contributed by atoms with Gasteiger partial charge < -0.3 is 10.6 Å². The Hall–Kier alpha value is -1.02. The van der Waals surface area contributed by atoms with E-state index in [2.05, 4.69) is 34.9 Å². The van der Waals surface area contributed by atoms with Gasteiger partial charge in [0, 0.05) is 24.3 Å². The maximum absolute atomic E-state index is 3.57. The van der Waals surface area contributed by atoms with Gasteiger partial charge in [-0.15, -0.1) is 0 Å². The van der Waals surface area contributed by atoms with Crippen molar-refractivity contribution in [2.24, 2.45) is 0 Å². The molecule has 1 saturated carbocycles. The summed E-state index contributed by atoms with van der Waals surface area (Å²) in [5.74, 6) is 0. The van der Waals surface area contributed by atoms with Gasteiger partial charge >= 0.3 is 0 Å². The number of hydrogen-bond donors (Lipinski definition) is 2. The second kappa shape index (κ2) is 3.28. The van der Waals surface area contributed by atoms with Crippen LogP contribution in [0.1, 0.15) is 18.4 Å². The molecule has 0 unspecified atom stereocenters. The van der Waals surface area contributed by atoms with Crippen LogP contribution in [0.4, 0.5) is 5.69 Å². The minimum atomic E-state index is 0.605. The Balaban J connectivity index is 1.60. The molecule has 0 radical (unpaired) electrons. The molecule has 1 aliphatic carbocycles. The lowest BCUT2D eigenvalue weighted by Gasteiger charge is -2.11. The van der Waals surface area contributed by atoms with Crippen molar-refractivity contribution in [1.29, 1.82) is 0 Å². The molecule has 1 fully saturated rings. The fraction of sp³-hybridized carbons (Fsp3) is 0.500. The fourth-order valence-corrected chi connectivity index (χ4v) is 2.10. The van der Waals surface area contributed by atoms with Gasteiger partial charge in [0.15, 0.2) is 0 Å². The summed E-state index contributed by atoms with van der Waals surface area (Å²) in [5, 5.41) is 7.13. The molecule has 0 bridgehead atoms. The summed E-state index contributed by atoms with van der Waals surface area (Å²) in [6.45, 7) is 1.11. The van der Waals surface area contributed by atoms with Gasteiger partial charge in [0.25, 0.3) is 0 Å². The van der Waals surface area contributed by atoms with Crippen molar-refractivity contribution in [2.45, 2.75) is 31.3 Å². The summed E-state index contributed by atoms with van der Waals surface area (Å²) in [4.78, 5) is 0. The normalized spacial score (nSPS) is 24.4. The van der Waals surface area contributed by atoms with Crippen molar-refractivity contribution in [2.75, 3.05) is 11.9 Å². The Bertz CT molecular complexity index is 306. The first-order valence-electron chi connectivity index (χ1n) is 5.49. The van der Waals surface area contributed by atoms with Gasteiger partial charge in [0.2, 0.25) is 0 Å². The molecule has 2 nitrogen and oxygen atoms in total. The van der Waals surface area contributed by atoms with E-state index in [1.165, 1.54) is 30.5 Å². The van der Waals surface area contributed by atoms with E-state index in [9.17, 15) is 0 Å². The Morgan fingerprint density at radius 2 is 2.14 bits per heavy atom. The molecule has 1 aromatic carbocycles. The highest BCUT2D eigenvalue weighted by molar-refractivity contribution is 5.56. The average Bonchev–Trinajstić information content (AvgIpc) is 2.94. The van der Waals surface area contributed by atoms with E-state index < -0.39 is 0 Å². The van der Waals surface area contributed by atoms with E-state index in [1.54, 1.807) is 0 Å². The van der Waals surface area contributed by atoms with Crippen LogP contribution in [0.25, 0.3) is 0 Å². The van der Waals surface area contributed by atoms with Crippen LogP contribution >= 0.6 is 0 Å². The van der Waals surface area contributed by atoms with E-state index in [-0.39, 0.29) is 0 Å². The first kappa shape index (κ1) is 8.30. The summed E-state index contributed by atoms with van der Waals surface area (Å²) in [5.41, 5.74) is 2.80. The molecule has 1 atom stereocenters. The molecule has 2 aliphatic rings. The van der Waals surface area contributed by atoms with Gasteiger partial charge in [-0.2, -0.15) is 0 Å². The maximum atomic E-state index is 3.57. The van der Waals surface area contributed by atoms with E-state index >= 15 is 0 Å². The molecule has 3 rings (SSSR count). The lowest BCUT2D eigenvalue weighted by atomic mass is 10.1. The van der Waals surface area contributed by atoms with Gasteiger partial charge in [-0.3, -0.25) is 0 Å². The van der Waals surface area contributed by atoms with Crippen LogP contribution in [-0.4, -0.2) is 18.6 Å². The Morgan fingerprint density at radius 1 is 1.29 bits per heavy atom. The summed E-state index contributed by atoms with van der Waals surface area (Å²) in [6, 6.07) is 10.0. The molecule has 0 aromatic heterocycles. The van der Waals surface area contributed by atoms with Crippen LogP contribution in [0.15, 0.2) is 24.3 Å². The summed E-state index contributed by atoms with van der Waals surface area (Å²) in [6.07, 6.45) is 3.93. The fourth-order valence-electron chi connectivity index (χ4n) is 2.10. The van der Waals surface area contributed by atoms with Crippen molar-refractivity contribution in [3.05, 3.63) is 29.8 Å². The Morgan fingerprint density at radius 3 is 2.93 bits per heavy atom. The van der Waals surface area contributed by atoms with E-state index in [4.69, 9.17) is 0 Å². The first-order valence-corrected chi connectivity index (χ1v) is 5.49. The topological polar surface area (TPSA) is 24.1 Å². The molecule has 1 aliphatic heterocycles. The van der Waals surface area contributed by atoms with Gasteiger partial charge in [-0.1, -0.05) is 18.2 Å². The van der Waals surface area contributed by atoms with E-state index in [0.717, 1.165) is 12.6 Å². The second-order valence-electron chi connectivity index (χ2n) is 4.39. The number of para-hydroxylation sites is 1. The number of fused-ring (bicyclic) bond motifs is 1. The molecule has 1 aromatic rings. The monoisotopic (exact) mass is 188 g/mol. The van der Waals surface area contributed by atoms with Gasteiger partial charge in [-0.05, 0) is 30.9 Å². The number of hydrogen-bond acceptors (Lipinski definition) is 2. The molecule has 0 amide bonds. The van der Waals surface area contributed by atoms with Crippen molar-refractivity contribution < 1.29 is 0 Å². The lowest BCUT2D eigenvalue weighted by Crippen LogP contribution is -2.32. The van der Waals surface area contributed by atoms with Gasteiger partial charge in [0.1, 0.15) is 0 Å². The number of anilines is 1. The molecule has 2 heteroatoms. The smallest absolute Gasteiger partial charge is 0.0427 e. The highest BCUT2D eigenvalue weighted by Gasteiger charge is 2.24. The maximum Gasteiger partial charge on any atom is 0.0427 e. The third kappa shape index (κ3) is 1.62. The molecule has 0 saturated heterocycles. The number of rotatable bonds is 3. The van der Waals surface area contributed by atoms with Crippen LogP contribution in [0, 0.1) is 0 Å². The van der Waals surface area contributed by atoms with Crippen molar-refractivity contribution in [3.8, 4) is 0 Å². The molecule has 0 spiro atoms. The van der Waals surface area contributed by atoms with Crippen molar-refractivity contribution in [1.82, 2.24) is 5.32 Å². The minimum absolute atomic E-state index is 0.605. The summed E-state index contributed by atoms with van der Waals surface area (Å²) < 4.78 is 0. The van der Waals surface area contributed by atoms with Crippen LogP contribution < -0.4 is 10.6 Å². The molecule has 1 heterocycles. The van der Waals surface area contributed by atoms with Crippen molar-refractivity contribution in [3.63, 3.8) is 0 Å². The standard InChI is InChI=1S/C12H16N2/c1-2-4-12-9(3-1)7-11(14-12)8-13-10-5-6-10/h1-4,10-11,13-14H,5-8H2/t11-/m0/s1. The summed E-state index contributed by atoms with van der Waals surface area (Å²) >= 11 is 0. The molecular formula is C12H16N2. The SMILES string of the molecule is c1ccc2c(c1)C[C@@H](CNC1CC1)N2.